The van der Waals surface area contributed by atoms with Gasteiger partial charge in [-0.05, 0) is 42.3 Å². The quantitative estimate of drug-likeness (QED) is 0.509. The fourth-order valence-electron chi connectivity index (χ4n) is 3.16. The van der Waals surface area contributed by atoms with Crippen LogP contribution in [0.25, 0.3) is 0 Å². The van der Waals surface area contributed by atoms with E-state index in [1.165, 1.54) is 0 Å². The number of hydrogen-bond donors (Lipinski definition) is 0. The Kier molecular flexibility index (Phi) is 6.68. The van der Waals surface area contributed by atoms with Gasteiger partial charge in [-0.3, -0.25) is 9.78 Å². The lowest BCUT2D eigenvalue weighted by atomic mass is 10.0. The first-order valence-electron chi connectivity index (χ1n) is 9.22. The largest absolute Gasteiger partial charge is 0.493 e. The van der Waals surface area contributed by atoms with Crippen LogP contribution in [0.15, 0.2) is 72.1 Å². The smallest absolute Gasteiger partial charge is 0.254 e. The molecule has 2 aromatic heterocycles. The van der Waals surface area contributed by atoms with E-state index >= 15 is 0 Å². The molecule has 0 aliphatic carbocycles. The van der Waals surface area contributed by atoms with E-state index in [0.29, 0.717) is 42.3 Å². The summed E-state index contributed by atoms with van der Waals surface area (Å²) in [7, 11) is 3.14. The number of benzene rings is 1. The third-order valence-electron chi connectivity index (χ3n) is 4.48. The molecule has 3 aromatic rings. The Morgan fingerprint density at radius 2 is 2.07 bits per heavy atom. The molecule has 0 saturated carbocycles. The molecule has 0 aliphatic rings. The Bertz CT molecular complexity index is 953. The van der Waals surface area contributed by atoms with E-state index in [0.717, 1.165) is 11.1 Å². The molecule has 0 fully saturated rings. The van der Waals surface area contributed by atoms with Gasteiger partial charge in [0.1, 0.15) is 5.76 Å². The second-order valence-electron chi connectivity index (χ2n) is 6.47. The van der Waals surface area contributed by atoms with Crippen molar-refractivity contribution in [3.8, 4) is 11.5 Å². The third kappa shape index (κ3) is 4.85. The predicted molar refractivity (Wildman–Crippen MR) is 110 cm³/mol. The molecule has 0 radical (unpaired) electrons. The summed E-state index contributed by atoms with van der Waals surface area (Å²) in [6.45, 7) is 4.53. The molecule has 150 valence electrons. The van der Waals surface area contributed by atoms with Crippen molar-refractivity contribution in [2.75, 3.05) is 14.2 Å². The van der Waals surface area contributed by atoms with Crippen molar-refractivity contribution < 1.29 is 18.7 Å². The maximum Gasteiger partial charge on any atom is 0.254 e. The minimum atomic E-state index is -0.142. The molecular formula is C23H24N2O4. The molecule has 2 heterocycles. The van der Waals surface area contributed by atoms with Gasteiger partial charge in [-0.2, -0.15) is 0 Å². The van der Waals surface area contributed by atoms with Gasteiger partial charge in [0.25, 0.3) is 5.91 Å². The molecule has 0 bridgehead atoms. The topological polar surface area (TPSA) is 64.8 Å². The van der Waals surface area contributed by atoms with Crippen molar-refractivity contribution in [2.24, 2.45) is 0 Å². The van der Waals surface area contributed by atoms with Crippen molar-refractivity contribution in [3.05, 3.63) is 90.2 Å². The van der Waals surface area contributed by atoms with Crippen LogP contribution in [0, 0.1) is 0 Å². The number of rotatable bonds is 9. The van der Waals surface area contributed by atoms with Crippen LogP contribution in [0.1, 0.15) is 27.2 Å². The lowest BCUT2D eigenvalue weighted by molar-refractivity contribution is 0.0717. The number of furan rings is 1. The summed E-state index contributed by atoms with van der Waals surface area (Å²) in [4.78, 5) is 19.3. The average Bonchev–Trinajstić information content (AvgIpc) is 3.26. The number of aromatic nitrogens is 1. The van der Waals surface area contributed by atoms with E-state index in [2.05, 4.69) is 11.6 Å². The second kappa shape index (κ2) is 9.59. The number of carbonyl (C=O) groups is 1. The highest BCUT2D eigenvalue weighted by Gasteiger charge is 2.21. The first-order chi connectivity index (χ1) is 14.2. The Labute approximate surface area is 170 Å². The summed E-state index contributed by atoms with van der Waals surface area (Å²) in [5.74, 6) is 1.67. The Balaban J connectivity index is 1.97. The maximum absolute atomic E-state index is 13.4. The zero-order valence-corrected chi connectivity index (χ0v) is 16.6. The zero-order chi connectivity index (χ0) is 20.6. The van der Waals surface area contributed by atoms with Crippen molar-refractivity contribution in [1.29, 1.82) is 0 Å². The van der Waals surface area contributed by atoms with Crippen molar-refractivity contribution in [2.45, 2.75) is 19.5 Å². The molecule has 1 amide bonds. The predicted octanol–water partition coefficient (Wildman–Crippen LogP) is 4.26. The van der Waals surface area contributed by atoms with Crippen LogP contribution < -0.4 is 9.47 Å². The van der Waals surface area contributed by atoms with Crippen LogP contribution in [0.3, 0.4) is 0 Å². The van der Waals surface area contributed by atoms with Crippen molar-refractivity contribution in [3.63, 3.8) is 0 Å². The second-order valence-corrected chi connectivity index (χ2v) is 6.47. The lowest BCUT2D eigenvalue weighted by Gasteiger charge is -2.23. The summed E-state index contributed by atoms with van der Waals surface area (Å²) in [5, 5.41) is 0. The number of nitrogens with zero attached hydrogens (tertiary/aromatic N) is 2. The van der Waals surface area contributed by atoms with Crippen LogP contribution in [0.4, 0.5) is 0 Å². The number of allylic oxidation sites excluding steroid dienone is 1. The van der Waals surface area contributed by atoms with Gasteiger partial charge in [0.15, 0.2) is 11.5 Å². The maximum atomic E-state index is 13.4. The summed E-state index contributed by atoms with van der Waals surface area (Å²) in [5.41, 5.74) is 2.28. The summed E-state index contributed by atoms with van der Waals surface area (Å²) >= 11 is 0. The fraction of sp³-hybridized carbons (Fsp3) is 0.217. The van der Waals surface area contributed by atoms with Gasteiger partial charge in [-0.1, -0.05) is 12.1 Å². The van der Waals surface area contributed by atoms with E-state index in [4.69, 9.17) is 13.9 Å². The minimum Gasteiger partial charge on any atom is -0.493 e. The fourth-order valence-corrected chi connectivity index (χ4v) is 3.16. The zero-order valence-electron chi connectivity index (χ0n) is 16.6. The number of ether oxygens (including phenoxy) is 2. The Morgan fingerprint density at radius 1 is 1.21 bits per heavy atom. The normalized spacial score (nSPS) is 10.4. The van der Waals surface area contributed by atoms with Gasteiger partial charge in [0.2, 0.25) is 0 Å². The monoisotopic (exact) mass is 392 g/mol. The number of methoxy groups -OCH3 is 2. The highest BCUT2D eigenvalue weighted by molar-refractivity contribution is 5.95. The van der Waals surface area contributed by atoms with Crippen LogP contribution in [-0.2, 0) is 19.5 Å². The molecule has 0 aliphatic heterocycles. The van der Waals surface area contributed by atoms with Crippen LogP contribution in [0.5, 0.6) is 11.5 Å². The van der Waals surface area contributed by atoms with Crippen molar-refractivity contribution in [1.82, 2.24) is 9.88 Å². The number of amides is 1. The van der Waals surface area contributed by atoms with E-state index in [1.807, 2.05) is 24.3 Å². The molecule has 6 heteroatoms. The van der Waals surface area contributed by atoms with Gasteiger partial charge in [-0.25, -0.2) is 0 Å². The molecule has 0 atom stereocenters. The Hall–Kier alpha value is -3.54. The summed E-state index contributed by atoms with van der Waals surface area (Å²) < 4.78 is 16.4. The first-order valence-corrected chi connectivity index (χ1v) is 9.22. The Morgan fingerprint density at radius 3 is 2.69 bits per heavy atom. The molecule has 6 nitrogen and oxygen atoms in total. The van der Waals surface area contributed by atoms with Gasteiger partial charge in [0.05, 0.1) is 27.0 Å². The molecule has 0 saturated heterocycles. The molecule has 1 aromatic carbocycles. The highest BCUT2D eigenvalue weighted by Crippen LogP contribution is 2.34. The molecule has 0 spiro atoms. The van der Waals surface area contributed by atoms with E-state index in [-0.39, 0.29) is 5.91 Å². The van der Waals surface area contributed by atoms with Crippen molar-refractivity contribution >= 4 is 5.91 Å². The van der Waals surface area contributed by atoms with Gasteiger partial charge < -0.3 is 18.8 Å². The first kappa shape index (κ1) is 20.2. The number of carbonyl (C=O) groups excluding carboxylic acids is 1. The standard InChI is InChI=1S/C23H24N2O4/c1-4-7-18-12-19(13-21(27-2)22(18)28-3)23(26)25(16-20-9-6-11-29-20)15-17-8-5-10-24-14-17/h4-6,8-14H,1,7,15-16H2,2-3H3. The van der Waals surface area contributed by atoms with Gasteiger partial charge >= 0.3 is 0 Å². The molecule has 0 N–H and O–H groups in total. The van der Waals surface area contributed by atoms with Gasteiger partial charge in [0, 0.05) is 30.1 Å². The van der Waals surface area contributed by atoms with Crippen LogP contribution in [-0.4, -0.2) is 30.0 Å². The third-order valence-corrected chi connectivity index (χ3v) is 4.48. The molecule has 29 heavy (non-hydrogen) atoms. The number of pyridine rings is 1. The van der Waals surface area contributed by atoms with Crippen LogP contribution in [0.2, 0.25) is 0 Å². The lowest BCUT2D eigenvalue weighted by Crippen LogP contribution is -2.30. The van der Waals surface area contributed by atoms with E-state index in [1.54, 1.807) is 56.0 Å². The molecular weight excluding hydrogens is 368 g/mol. The summed E-state index contributed by atoms with van der Waals surface area (Å²) in [6.07, 6.45) is 7.38. The molecule has 3 rings (SSSR count). The summed E-state index contributed by atoms with van der Waals surface area (Å²) in [6, 6.07) is 11.0. The molecule has 0 unspecified atom stereocenters. The van der Waals surface area contributed by atoms with E-state index < -0.39 is 0 Å². The number of hydrogen-bond acceptors (Lipinski definition) is 5. The van der Waals surface area contributed by atoms with Crippen LogP contribution >= 0.6 is 0 Å². The minimum absolute atomic E-state index is 0.142. The average molecular weight is 392 g/mol. The highest BCUT2D eigenvalue weighted by atomic mass is 16.5. The SMILES string of the molecule is C=CCc1cc(C(=O)N(Cc2cccnc2)Cc2ccco2)cc(OC)c1OC. The van der Waals surface area contributed by atoms with E-state index in [9.17, 15) is 4.79 Å². The van der Waals surface area contributed by atoms with Gasteiger partial charge in [-0.15, -0.1) is 6.58 Å².